The molecule has 0 fully saturated rings. The van der Waals surface area contributed by atoms with Crippen LogP contribution in [0, 0.1) is 20.8 Å². The summed E-state index contributed by atoms with van der Waals surface area (Å²) in [7, 11) is 0. The molecule has 0 aliphatic rings. The first-order chi connectivity index (χ1) is 9.88. The summed E-state index contributed by atoms with van der Waals surface area (Å²) in [5.41, 5.74) is 1.81. The molecule has 0 saturated heterocycles. The average molecular weight is 284 g/mol. The van der Waals surface area contributed by atoms with Gasteiger partial charge in [-0.25, -0.2) is 4.79 Å². The van der Waals surface area contributed by atoms with Gasteiger partial charge in [0.05, 0.1) is 0 Å². The van der Waals surface area contributed by atoms with Crippen molar-refractivity contribution < 1.29 is 14.3 Å². The third-order valence-corrected chi connectivity index (χ3v) is 3.15. The summed E-state index contributed by atoms with van der Waals surface area (Å²) in [6, 6.07) is 7.13. The second-order valence-electron chi connectivity index (χ2n) is 4.96. The van der Waals surface area contributed by atoms with Gasteiger partial charge in [-0.2, -0.15) is 0 Å². The highest BCUT2D eigenvalue weighted by Gasteiger charge is 2.15. The number of benzene rings is 1. The van der Waals surface area contributed by atoms with Crippen LogP contribution < -0.4 is 5.63 Å². The zero-order valence-corrected chi connectivity index (χ0v) is 12.1. The highest BCUT2D eigenvalue weighted by atomic mass is 16.4. The average Bonchev–Trinajstić information content (AvgIpc) is 2.38. The molecule has 0 bridgehead atoms. The number of carbonyl (C=O) groups excluding carboxylic acids is 1. The zero-order chi connectivity index (χ0) is 15.6. The number of hydrogen-bond donors (Lipinski definition) is 1. The first kappa shape index (κ1) is 14.8. The standard InChI is InChI=1S/C17H16O4/c1-10-4-5-11(2)13(8-10)6-7-14(18)16-15(19)9-12(3)21-17(16)20/h4-9,19H,1-3H3. The topological polar surface area (TPSA) is 67.5 Å². The first-order valence-electron chi connectivity index (χ1n) is 6.52. The molecule has 1 N–H and O–H groups in total. The minimum absolute atomic E-state index is 0.257. The molecule has 0 aliphatic carbocycles. The van der Waals surface area contributed by atoms with Crippen molar-refractivity contribution in [3.8, 4) is 5.75 Å². The fourth-order valence-electron chi connectivity index (χ4n) is 2.01. The number of aryl methyl sites for hydroxylation is 3. The third kappa shape index (κ3) is 3.28. The molecule has 0 radical (unpaired) electrons. The van der Waals surface area contributed by atoms with E-state index in [0.29, 0.717) is 0 Å². The number of aromatic hydroxyl groups is 1. The van der Waals surface area contributed by atoms with Crippen LogP contribution in [-0.2, 0) is 0 Å². The Labute approximate surface area is 122 Å². The van der Waals surface area contributed by atoms with Crippen molar-refractivity contribution in [1.82, 2.24) is 0 Å². The second-order valence-corrected chi connectivity index (χ2v) is 4.96. The molecule has 108 valence electrons. The van der Waals surface area contributed by atoms with Crippen molar-refractivity contribution in [2.24, 2.45) is 0 Å². The first-order valence-corrected chi connectivity index (χ1v) is 6.52. The Morgan fingerprint density at radius 2 is 1.90 bits per heavy atom. The van der Waals surface area contributed by atoms with Crippen molar-refractivity contribution in [1.29, 1.82) is 0 Å². The number of ketones is 1. The van der Waals surface area contributed by atoms with Gasteiger partial charge < -0.3 is 9.52 Å². The van der Waals surface area contributed by atoms with Gasteiger partial charge in [0, 0.05) is 6.07 Å². The summed E-state index contributed by atoms with van der Waals surface area (Å²) in [5, 5.41) is 9.72. The van der Waals surface area contributed by atoms with Crippen molar-refractivity contribution in [3.63, 3.8) is 0 Å². The fraction of sp³-hybridized carbons (Fsp3) is 0.176. The van der Waals surface area contributed by atoms with Gasteiger partial charge in [0.15, 0.2) is 5.78 Å². The van der Waals surface area contributed by atoms with Crippen LogP contribution in [0.2, 0.25) is 0 Å². The van der Waals surface area contributed by atoms with Crippen molar-refractivity contribution >= 4 is 11.9 Å². The molecule has 4 heteroatoms. The molecule has 2 aromatic rings. The molecular weight excluding hydrogens is 268 g/mol. The molecule has 0 spiro atoms. The van der Waals surface area contributed by atoms with Crippen LogP contribution in [-0.4, -0.2) is 10.9 Å². The maximum absolute atomic E-state index is 12.1. The van der Waals surface area contributed by atoms with Crippen LogP contribution in [0.5, 0.6) is 5.75 Å². The van der Waals surface area contributed by atoms with E-state index in [0.717, 1.165) is 16.7 Å². The molecule has 0 amide bonds. The SMILES string of the molecule is Cc1ccc(C)c(C=CC(=O)c2c(O)cc(C)oc2=O)c1. The van der Waals surface area contributed by atoms with E-state index in [2.05, 4.69) is 0 Å². The van der Waals surface area contributed by atoms with Crippen LogP contribution >= 0.6 is 0 Å². The Bertz CT molecular complexity index is 782. The molecular formula is C17H16O4. The van der Waals surface area contributed by atoms with Gasteiger partial charge in [-0.3, -0.25) is 4.79 Å². The van der Waals surface area contributed by atoms with Gasteiger partial charge >= 0.3 is 5.63 Å². The molecule has 0 unspecified atom stereocenters. The van der Waals surface area contributed by atoms with E-state index < -0.39 is 11.4 Å². The predicted octanol–water partition coefficient (Wildman–Crippen LogP) is 3.17. The van der Waals surface area contributed by atoms with Gasteiger partial charge in [0.2, 0.25) is 0 Å². The van der Waals surface area contributed by atoms with Gasteiger partial charge in [-0.1, -0.05) is 29.8 Å². The van der Waals surface area contributed by atoms with E-state index in [-0.39, 0.29) is 17.1 Å². The van der Waals surface area contributed by atoms with Gasteiger partial charge in [0.1, 0.15) is 17.1 Å². The highest BCUT2D eigenvalue weighted by molar-refractivity contribution is 6.08. The minimum Gasteiger partial charge on any atom is -0.507 e. The molecule has 4 nitrogen and oxygen atoms in total. The van der Waals surface area contributed by atoms with Gasteiger partial charge in [-0.05, 0) is 38.0 Å². The van der Waals surface area contributed by atoms with E-state index in [1.165, 1.54) is 19.1 Å². The molecule has 1 heterocycles. The summed E-state index contributed by atoms with van der Waals surface area (Å²) >= 11 is 0. The lowest BCUT2D eigenvalue weighted by molar-refractivity contribution is 0.104. The third-order valence-electron chi connectivity index (χ3n) is 3.15. The van der Waals surface area contributed by atoms with Gasteiger partial charge in [0.25, 0.3) is 0 Å². The van der Waals surface area contributed by atoms with E-state index >= 15 is 0 Å². The molecule has 0 aliphatic heterocycles. The Balaban J connectivity index is 2.36. The second kappa shape index (κ2) is 5.79. The minimum atomic E-state index is -0.830. The number of allylic oxidation sites excluding steroid dienone is 1. The Kier molecular flexibility index (Phi) is 4.08. The quantitative estimate of drug-likeness (QED) is 0.694. The Hall–Kier alpha value is -2.62. The van der Waals surface area contributed by atoms with E-state index in [1.54, 1.807) is 6.08 Å². The Morgan fingerprint density at radius 3 is 2.57 bits per heavy atom. The monoisotopic (exact) mass is 284 g/mol. The molecule has 0 atom stereocenters. The van der Waals surface area contributed by atoms with Crippen molar-refractivity contribution in [2.45, 2.75) is 20.8 Å². The zero-order valence-electron chi connectivity index (χ0n) is 12.1. The molecule has 2 rings (SSSR count). The predicted molar refractivity (Wildman–Crippen MR) is 80.7 cm³/mol. The summed E-state index contributed by atoms with van der Waals surface area (Å²) in [5.74, 6) is -0.686. The summed E-state index contributed by atoms with van der Waals surface area (Å²) in [6.07, 6.45) is 2.90. The van der Waals surface area contributed by atoms with Crippen molar-refractivity contribution in [2.75, 3.05) is 0 Å². The largest absolute Gasteiger partial charge is 0.507 e. The summed E-state index contributed by atoms with van der Waals surface area (Å²) < 4.78 is 4.83. The molecule has 0 saturated carbocycles. The van der Waals surface area contributed by atoms with E-state index in [9.17, 15) is 14.7 Å². The Morgan fingerprint density at radius 1 is 1.19 bits per heavy atom. The van der Waals surface area contributed by atoms with E-state index in [4.69, 9.17) is 4.42 Å². The maximum atomic E-state index is 12.1. The van der Waals surface area contributed by atoms with Crippen LogP contribution in [0.4, 0.5) is 0 Å². The fourth-order valence-corrected chi connectivity index (χ4v) is 2.01. The van der Waals surface area contributed by atoms with E-state index in [1.807, 2.05) is 32.0 Å². The summed E-state index contributed by atoms with van der Waals surface area (Å²) in [6.45, 7) is 5.42. The van der Waals surface area contributed by atoms with Crippen molar-refractivity contribution in [3.05, 3.63) is 68.8 Å². The molecule has 1 aromatic carbocycles. The highest BCUT2D eigenvalue weighted by Crippen LogP contribution is 2.17. The lowest BCUT2D eigenvalue weighted by atomic mass is 10.0. The van der Waals surface area contributed by atoms with Crippen LogP contribution in [0.3, 0.4) is 0 Å². The molecule has 21 heavy (non-hydrogen) atoms. The lowest BCUT2D eigenvalue weighted by Crippen LogP contribution is -2.12. The smallest absolute Gasteiger partial charge is 0.351 e. The summed E-state index contributed by atoms with van der Waals surface area (Å²) in [4.78, 5) is 23.7. The number of carbonyl (C=O) groups is 1. The molecule has 1 aromatic heterocycles. The van der Waals surface area contributed by atoms with Crippen LogP contribution in [0.25, 0.3) is 6.08 Å². The normalized spacial score (nSPS) is 11.0. The lowest BCUT2D eigenvalue weighted by Gasteiger charge is -2.02. The van der Waals surface area contributed by atoms with Gasteiger partial charge in [-0.15, -0.1) is 0 Å². The number of rotatable bonds is 3. The number of hydrogen-bond acceptors (Lipinski definition) is 4. The maximum Gasteiger partial charge on any atom is 0.351 e. The van der Waals surface area contributed by atoms with Crippen LogP contribution in [0.1, 0.15) is 32.8 Å². The van der Waals surface area contributed by atoms with Crippen LogP contribution in [0.15, 0.2) is 39.6 Å².